The summed E-state index contributed by atoms with van der Waals surface area (Å²) in [4.78, 5) is 14.2. The highest BCUT2D eigenvalue weighted by atomic mass is 16.5. The van der Waals surface area contributed by atoms with Crippen LogP contribution < -0.4 is 5.73 Å². The molecule has 0 unspecified atom stereocenters. The van der Waals surface area contributed by atoms with E-state index in [4.69, 9.17) is 10.5 Å². The molecule has 2 N–H and O–H groups in total. The first-order valence-corrected chi connectivity index (χ1v) is 6.15. The van der Waals surface area contributed by atoms with Crippen molar-refractivity contribution >= 4 is 11.6 Å². The van der Waals surface area contributed by atoms with Crippen molar-refractivity contribution in [2.75, 3.05) is 25.9 Å². The molecule has 6 heteroatoms. The van der Waals surface area contributed by atoms with Crippen molar-refractivity contribution in [1.82, 2.24) is 14.7 Å². The van der Waals surface area contributed by atoms with Gasteiger partial charge in [-0.15, -0.1) is 0 Å². The molecular formula is C12H20N4O2. The number of nitrogens with zero attached hydrogens (tertiary/aromatic N) is 3. The topological polar surface area (TPSA) is 73.4 Å². The Balaban J connectivity index is 2.13. The van der Waals surface area contributed by atoms with Crippen molar-refractivity contribution in [3.63, 3.8) is 0 Å². The van der Waals surface area contributed by atoms with Gasteiger partial charge in [0, 0.05) is 27.2 Å². The summed E-state index contributed by atoms with van der Waals surface area (Å²) in [5.41, 5.74) is 7.58. The average Bonchev–Trinajstić information content (AvgIpc) is 2.63. The maximum Gasteiger partial charge on any atom is 0.274 e. The van der Waals surface area contributed by atoms with Gasteiger partial charge in [-0.2, -0.15) is 5.10 Å². The number of piperidine rings is 1. The normalized spacial score (nSPS) is 17.2. The van der Waals surface area contributed by atoms with E-state index in [-0.39, 0.29) is 12.0 Å². The van der Waals surface area contributed by atoms with E-state index in [2.05, 4.69) is 5.10 Å². The fraction of sp³-hybridized carbons (Fsp3) is 0.667. The number of ether oxygens (including phenoxy) is 1. The van der Waals surface area contributed by atoms with Crippen molar-refractivity contribution in [2.24, 2.45) is 7.05 Å². The molecule has 2 heterocycles. The van der Waals surface area contributed by atoms with Crippen LogP contribution in [0, 0.1) is 6.92 Å². The Labute approximate surface area is 107 Å². The van der Waals surface area contributed by atoms with Crippen LogP contribution in [0.15, 0.2) is 0 Å². The van der Waals surface area contributed by atoms with Crippen LogP contribution in [-0.2, 0) is 11.8 Å². The lowest BCUT2D eigenvalue weighted by Gasteiger charge is -2.31. The molecule has 1 fully saturated rings. The number of carbonyl (C=O) groups excluding carboxylic acids is 1. The second-order valence-corrected chi connectivity index (χ2v) is 4.70. The van der Waals surface area contributed by atoms with E-state index < -0.39 is 0 Å². The Bertz CT molecular complexity index is 447. The molecule has 0 saturated carbocycles. The maximum absolute atomic E-state index is 12.4. The summed E-state index contributed by atoms with van der Waals surface area (Å²) < 4.78 is 6.86. The molecular weight excluding hydrogens is 232 g/mol. The van der Waals surface area contributed by atoms with Crippen LogP contribution in [0.3, 0.4) is 0 Å². The zero-order valence-electron chi connectivity index (χ0n) is 11.1. The third kappa shape index (κ3) is 2.20. The average molecular weight is 252 g/mol. The number of aromatic nitrogens is 2. The third-order valence-corrected chi connectivity index (χ3v) is 3.53. The van der Waals surface area contributed by atoms with Gasteiger partial charge in [0.2, 0.25) is 0 Å². The number of nitrogens with two attached hydrogens (primary N) is 1. The first-order chi connectivity index (χ1) is 8.54. The summed E-state index contributed by atoms with van der Waals surface area (Å²) in [7, 11) is 3.46. The van der Waals surface area contributed by atoms with Gasteiger partial charge >= 0.3 is 0 Å². The van der Waals surface area contributed by atoms with E-state index in [0.29, 0.717) is 30.2 Å². The summed E-state index contributed by atoms with van der Waals surface area (Å²) in [6.45, 7) is 3.23. The summed E-state index contributed by atoms with van der Waals surface area (Å²) >= 11 is 0. The van der Waals surface area contributed by atoms with E-state index in [9.17, 15) is 4.79 Å². The van der Waals surface area contributed by atoms with Gasteiger partial charge in [0.15, 0.2) is 0 Å². The van der Waals surface area contributed by atoms with Gasteiger partial charge in [0.25, 0.3) is 5.91 Å². The van der Waals surface area contributed by atoms with Crippen molar-refractivity contribution in [3.05, 3.63) is 11.4 Å². The maximum atomic E-state index is 12.4. The third-order valence-electron chi connectivity index (χ3n) is 3.53. The summed E-state index contributed by atoms with van der Waals surface area (Å²) in [5, 5.41) is 4.18. The summed E-state index contributed by atoms with van der Waals surface area (Å²) in [6, 6.07) is 0. The minimum Gasteiger partial charge on any atom is -0.395 e. The van der Waals surface area contributed by atoms with Crippen LogP contribution >= 0.6 is 0 Å². The zero-order valence-corrected chi connectivity index (χ0v) is 11.1. The molecule has 0 spiro atoms. The van der Waals surface area contributed by atoms with Gasteiger partial charge in [0.05, 0.1) is 17.5 Å². The molecule has 0 atom stereocenters. The second-order valence-electron chi connectivity index (χ2n) is 4.70. The Morgan fingerprint density at radius 1 is 1.44 bits per heavy atom. The van der Waals surface area contributed by atoms with E-state index in [1.165, 1.54) is 0 Å². The minimum atomic E-state index is -0.0369. The number of carbonyl (C=O) groups is 1. The van der Waals surface area contributed by atoms with Crippen LogP contribution in [0.1, 0.15) is 29.0 Å². The molecule has 1 saturated heterocycles. The van der Waals surface area contributed by atoms with E-state index in [1.54, 1.807) is 18.8 Å². The summed E-state index contributed by atoms with van der Waals surface area (Å²) in [6.07, 6.45) is 2.01. The number of anilines is 1. The van der Waals surface area contributed by atoms with Crippen LogP contribution in [0.25, 0.3) is 0 Å². The molecule has 6 nitrogen and oxygen atoms in total. The number of nitrogen functional groups attached to an aromatic ring is 1. The van der Waals surface area contributed by atoms with Crippen LogP contribution in [0.2, 0.25) is 0 Å². The van der Waals surface area contributed by atoms with Crippen molar-refractivity contribution in [2.45, 2.75) is 25.9 Å². The fourth-order valence-electron chi connectivity index (χ4n) is 2.37. The molecule has 0 aromatic carbocycles. The molecule has 2 rings (SSSR count). The number of hydrogen-bond donors (Lipinski definition) is 1. The minimum absolute atomic E-state index is 0.0369. The Morgan fingerprint density at radius 2 is 2.06 bits per heavy atom. The number of hydrogen-bond acceptors (Lipinski definition) is 4. The molecule has 1 aromatic heterocycles. The molecule has 0 aliphatic carbocycles. The van der Waals surface area contributed by atoms with Crippen LogP contribution in [-0.4, -0.2) is 46.9 Å². The number of aryl methyl sites for hydroxylation is 2. The number of methoxy groups -OCH3 is 1. The lowest BCUT2D eigenvalue weighted by atomic mass is 10.1. The van der Waals surface area contributed by atoms with E-state index >= 15 is 0 Å². The van der Waals surface area contributed by atoms with Gasteiger partial charge in [0.1, 0.15) is 5.69 Å². The van der Waals surface area contributed by atoms with E-state index in [0.717, 1.165) is 12.8 Å². The molecule has 1 amide bonds. The van der Waals surface area contributed by atoms with Gasteiger partial charge in [-0.05, 0) is 19.8 Å². The highest BCUT2D eigenvalue weighted by molar-refractivity contribution is 5.98. The first-order valence-electron chi connectivity index (χ1n) is 6.15. The monoisotopic (exact) mass is 252 g/mol. The van der Waals surface area contributed by atoms with E-state index in [1.807, 2.05) is 11.8 Å². The molecule has 1 aromatic rings. The largest absolute Gasteiger partial charge is 0.395 e. The molecule has 100 valence electrons. The quantitative estimate of drug-likeness (QED) is 0.834. The van der Waals surface area contributed by atoms with Crippen LogP contribution in [0.5, 0.6) is 0 Å². The smallest absolute Gasteiger partial charge is 0.274 e. The Morgan fingerprint density at radius 3 is 2.50 bits per heavy atom. The highest BCUT2D eigenvalue weighted by Crippen LogP contribution is 2.20. The molecule has 1 aliphatic heterocycles. The number of rotatable bonds is 2. The Kier molecular flexibility index (Phi) is 3.56. The van der Waals surface area contributed by atoms with Gasteiger partial charge in [-0.25, -0.2) is 0 Å². The lowest BCUT2D eigenvalue weighted by molar-refractivity contribution is 0.0346. The zero-order chi connectivity index (χ0) is 13.3. The summed E-state index contributed by atoms with van der Waals surface area (Å²) in [5.74, 6) is -0.0369. The van der Waals surface area contributed by atoms with Crippen molar-refractivity contribution < 1.29 is 9.53 Å². The second kappa shape index (κ2) is 4.97. The van der Waals surface area contributed by atoms with Gasteiger partial charge < -0.3 is 15.4 Å². The standard InChI is InChI=1S/C12H20N4O2/c1-8-10(13)11(15(2)14-8)12(17)16-6-4-9(18-3)5-7-16/h9H,4-7,13H2,1-3H3. The predicted molar refractivity (Wildman–Crippen MR) is 68.3 cm³/mol. The Hall–Kier alpha value is -1.56. The van der Waals surface area contributed by atoms with Crippen LogP contribution in [0.4, 0.5) is 5.69 Å². The molecule has 18 heavy (non-hydrogen) atoms. The lowest BCUT2D eigenvalue weighted by Crippen LogP contribution is -2.41. The molecule has 0 bridgehead atoms. The van der Waals surface area contributed by atoms with Crippen molar-refractivity contribution in [3.8, 4) is 0 Å². The highest BCUT2D eigenvalue weighted by Gasteiger charge is 2.27. The number of amides is 1. The predicted octanol–water partition coefficient (Wildman–Crippen LogP) is 0.562. The number of likely N-dealkylation sites (tertiary alicyclic amines) is 1. The van der Waals surface area contributed by atoms with Gasteiger partial charge in [-0.3, -0.25) is 9.48 Å². The molecule has 1 aliphatic rings. The molecule has 0 radical (unpaired) electrons. The SMILES string of the molecule is COC1CCN(C(=O)c2c(N)c(C)nn2C)CC1. The van der Waals surface area contributed by atoms with Crippen molar-refractivity contribution in [1.29, 1.82) is 0 Å². The first kappa shape index (κ1) is 12.9. The van der Waals surface area contributed by atoms with Gasteiger partial charge in [-0.1, -0.05) is 0 Å². The fourth-order valence-corrected chi connectivity index (χ4v) is 2.37.